The number of hydrogen-bond donors (Lipinski definition) is 0. The quantitative estimate of drug-likeness (QED) is 0.662. The molecule has 1 aliphatic rings. The molecule has 2 atom stereocenters. The third-order valence-corrected chi connectivity index (χ3v) is 2.72. The topological polar surface area (TPSA) is 36.3 Å². The van der Waals surface area contributed by atoms with Gasteiger partial charge in [-0.2, -0.15) is 5.26 Å². The number of ether oxygens (including phenoxy) is 1. The fourth-order valence-corrected chi connectivity index (χ4v) is 1.87. The molecular formula is C10H18N2O. The van der Waals surface area contributed by atoms with Crippen LogP contribution in [0.25, 0.3) is 0 Å². The van der Waals surface area contributed by atoms with Crippen molar-refractivity contribution >= 4 is 0 Å². The van der Waals surface area contributed by atoms with Crippen LogP contribution in [-0.2, 0) is 4.74 Å². The van der Waals surface area contributed by atoms with E-state index >= 15 is 0 Å². The van der Waals surface area contributed by atoms with Crippen molar-refractivity contribution in [3.63, 3.8) is 0 Å². The summed E-state index contributed by atoms with van der Waals surface area (Å²) < 4.78 is 5.31. The lowest BCUT2D eigenvalue weighted by Crippen LogP contribution is -2.44. The number of nitrogens with zero attached hydrogens (tertiary/aromatic N) is 2. The largest absolute Gasteiger partial charge is 0.380 e. The lowest BCUT2D eigenvalue weighted by molar-refractivity contribution is 0.0224. The van der Waals surface area contributed by atoms with E-state index in [0.29, 0.717) is 6.10 Å². The molecule has 1 saturated heterocycles. The monoisotopic (exact) mass is 182 g/mol. The van der Waals surface area contributed by atoms with Crippen molar-refractivity contribution in [2.45, 2.75) is 38.3 Å². The van der Waals surface area contributed by atoms with Crippen molar-refractivity contribution in [1.82, 2.24) is 4.90 Å². The molecule has 0 saturated carbocycles. The van der Waals surface area contributed by atoms with Gasteiger partial charge in [-0.25, -0.2) is 0 Å². The fraction of sp³-hybridized carbons (Fsp3) is 0.900. The van der Waals surface area contributed by atoms with Gasteiger partial charge in [0.2, 0.25) is 0 Å². The Hall–Kier alpha value is -0.590. The molecule has 0 aliphatic carbocycles. The van der Waals surface area contributed by atoms with Crippen LogP contribution in [0.2, 0.25) is 0 Å². The van der Waals surface area contributed by atoms with E-state index in [4.69, 9.17) is 10.00 Å². The zero-order chi connectivity index (χ0) is 9.68. The molecule has 0 aromatic heterocycles. The molecule has 0 N–H and O–H groups in total. The second-order valence-electron chi connectivity index (χ2n) is 3.55. The van der Waals surface area contributed by atoms with E-state index in [9.17, 15) is 0 Å². The highest BCUT2D eigenvalue weighted by Gasteiger charge is 2.24. The van der Waals surface area contributed by atoms with Gasteiger partial charge in [-0.3, -0.25) is 4.90 Å². The summed E-state index contributed by atoms with van der Waals surface area (Å²) in [4.78, 5) is 2.23. The molecule has 1 aliphatic heterocycles. The highest BCUT2D eigenvalue weighted by molar-refractivity contribution is 4.93. The Kier molecular flexibility index (Phi) is 4.20. The first kappa shape index (κ1) is 10.5. The Morgan fingerprint density at radius 3 is 3.00 bits per heavy atom. The van der Waals surface area contributed by atoms with Crippen LogP contribution >= 0.6 is 0 Å². The number of likely N-dealkylation sites (tertiary alicyclic amines) is 1. The Morgan fingerprint density at radius 1 is 1.69 bits per heavy atom. The second-order valence-corrected chi connectivity index (χ2v) is 3.55. The van der Waals surface area contributed by atoms with Crippen LogP contribution < -0.4 is 0 Å². The van der Waals surface area contributed by atoms with Crippen LogP contribution in [0, 0.1) is 11.3 Å². The molecule has 0 bridgehead atoms. The van der Waals surface area contributed by atoms with Crippen LogP contribution in [0.3, 0.4) is 0 Å². The maximum Gasteiger partial charge on any atom is 0.0976 e. The molecule has 0 amide bonds. The van der Waals surface area contributed by atoms with Crippen molar-refractivity contribution in [2.75, 3.05) is 20.2 Å². The van der Waals surface area contributed by atoms with Crippen LogP contribution in [0.4, 0.5) is 0 Å². The summed E-state index contributed by atoms with van der Waals surface area (Å²) >= 11 is 0. The van der Waals surface area contributed by atoms with Crippen molar-refractivity contribution in [3.05, 3.63) is 0 Å². The summed E-state index contributed by atoms with van der Waals surface area (Å²) in [7, 11) is 1.75. The van der Waals surface area contributed by atoms with Gasteiger partial charge in [0.25, 0.3) is 0 Å². The van der Waals surface area contributed by atoms with Crippen molar-refractivity contribution in [2.24, 2.45) is 0 Å². The number of methoxy groups -OCH3 is 1. The van der Waals surface area contributed by atoms with Gasteiger partial charge in [-0.15, -0.1) is 0 Å². The van der Waals surface area contributed by atoms with Crippen LogP contribution in [-0.4, -0.2) is 37.2 Å². The molecule has 74 valence electrons. The summed E-state index contributed by atoms with van der Waals surface area (Å²) in [5.41, 5.74) is 0. The molecule has 0 radical (unpaired) electrons. The molecule has 3 heteroatoms. The zero-order valence-electron chi connectivity index (χ0n) is 8.49. The molecule has 0 spiro atoms. The highest BCUT2D eigenvalue weighted by atomic mass is 16.5. The third kappa shape index (κ3) is 2.68. The third-order valence-electron chi connectivity index (χ3n) is 2.72. The van der Waals surface area contributed by atoms with E-state index in [2.05, 4.69) is 17.9 Å². The zero-order valence-corrected chi connectivity index (χ0v) is 8.49. The van der Waals surface area contributed by atoms with Crippen molar-refractivity contribution in [3.8, 4) is 6.07 Å². The second kappa shape index (κ2) is 5.21. The van der Waals surface area contributed by atoms with Gasteiger partial charge in [0.15, 0.2) is 0 Å². The van der Waals surface area contributed by atoms with Crippen molar-refractivity contribution < 1.29 is 4.74 Å². The Morgan fingerprint density at radius 2 is 2.46 bits per heavy atom. The molecule has 1 heterocycles. The summed E-state index contributed by atoms with van der Waals surface area (Å²) in [5, 5.41) is 8.90. The lowest BCUT2D eigenvalue weighted by atomic mass is 10.1. The van der Waals surface area contributed by atoms with Crippen LogP contribution in [0.5, 0.6) is 0 Å². The van der Waals surface area contributed by atoms with E-state index in [-0.39, 0.29) is 6.04 Å². The molecule has 13 heavy (non-hydrogen) atoms. The molecule has 0 aromatic carbocycles. The molecule has 1 fully saturated rings. The predicted molar refractivity (Wildman–Crippen MR) is 51.3 cm³/mol. The maximum atomic E-state index is 8.90. The van der Waals surface area contributed by atoms with Gasteiger partial charge in [-0.1, -0.05) is 6.92 Å². The highest BCUT2D eigenvalue weighted by Crippen LogP contribution is 2.16. The minimum atomic E-state index is 0.0814. The van der Waals surface area contributed by atoms with E-state index in [0.717, 1.165) is 32.4 Å². The fourth-order valence-electron chi connectivity index (χ4n) is 1.87. The van der Waals surface area contributed by atoms with E-state index in [1.54, 1.807) is 7.11 Å². The summed E-state index contributed by atoms with van der Waals surface area (Å²) in [5.74, 6) is 0. The molecule has 0 aromatic rings. The van der Waals surface area contributed by atoms with E-state index in [1.165, 1.54) is 0 Å². The minimum absolute atomic E-state index is 0.0814. The van der Waals surface area contributed by atoms with E-state index in [1.807, 2.05) is 0 Å². The predicted octanol–water partition coefficient (Wildman–Crippen LogP) is 1.40. The first-order valence-corrected chi connectivity index (χ1v) is 4.98. The summed E-state index contributed by atoms with van der Waals surface area (Å²) in [6, 6.07) is 2.42. The molecule has 3 nitrogen and oxygen atoms in total. The van der Waals surface area contributed by atoms with E-state index < -0.39 is 0 Å². The van der Waals surface area contributed by atoms with Crippen LogP contribution in [0.1, 0.15) is 26.2 Å². The number of nitriles is 1. The maximum absolute atomic E-state index is 8.90. The molecule has 2 unspecified atom stereocenters. The van der Waals surface area contributed by atoms with Gasteiger partial charge < -0.3 is 4.74 Å². The molecule has 1 rings (SSSR count). The average molecular weight is 182 g/mol. The summed E-state index contributed by atoms with van der Waals surface area (Å²) in [6.45, 7) is 4.03. The SMILES string of the molecule is CCC(C#N)N1CCCC(OC)C1. The molecular weight excluding hydrogens is 164 g/mol. The van der Waals surface area contributed by atoms with Gasteiger partial charge in [-0.05, 0) is 25.8 Å². The summed E-state index contributed by atoms with van der Waals surface area (Å²) in [6.07, 6.45) is 3.52. The first-order chi connectivity index (χ1) is 6.31. The Balaban J connectivity index is 2.46. The van der Waals surface area contributed by atoms with Gasteiger partial charge >= 0.3 is 0 Å². The van der Waals surface area contributed by atoms with Gasteiger partial charge in [0.1, 0.15) is 0 Å². The standard InChI is InChI=1S/C10H18N2O/c1-3-9(7-11)12-6-4-5-10(8-12)13-2/h9-10H,3-6,8H2,1-2H3. The Bertz CT molecular complexity index is 188. The number of rotatable bonds is 3. The first-order valence-electron chi connectivity index (χ1n) is 4.98. The normalized spacial score (nSPS) is 26.7. The van der Waals surface area contributed by atoms with Gasteiger partial charge in [0.05, 0.1) is 18.2 Å². The number of piperidine rings is 1. The lowest BCUT2D eigenvalue weighted by Gasteiger charge is -2.34. The van der Waals surface area contributed by atoms with Crippen molar-refractivity contribution in [1.29, 1.82) is 5.26 Å². The number of hydrogen-bond acceptors (Lipinski definition) is 3. The average Bonchev–Trinajstić information content (AvgIpc) is 2.20. The minimum Gasteiger partial charge on any atom is -0.380 e. The van der Waals surface area contributed by atoms with Crippen LogP contribution in [0.15, 0.2) is 0 Å². The van der Waals surface area contributed by atoms with Gasteiger partial charge in [0, 0.05) is 13.7 Å². The smallest absolute Gasteiger partial charge is 0.0976 e. The Labute approximate surface area is 80.3 Å².